The van der Waals surface area contributed by atoms with Gasteiger partial charge in [-0.25, -0.2) is 4.98 Å². The van der Waals surface area contributed by atoms with Crippen LogP contribution in [0.3, 0.4) is 0 Å². The Kier molecular flexibility index (Phi) is 3.92. The van der Waals surface area contributed by atoms with Gasteiger partial charge >= 0.3 is 0 Å². The average molecular weight is 303 g/mol. The first-order valence-electron chi connectivity index (χ1n) is 7.11. The van der Waals surface area contributed by atoms with Crippen molar-refractivity contribution in [3.8, 4) is 0 Å². The molecule has 8 heteroatoms. The molecule has 4 N–H and O–H groups in total. The highest BCUT2D eigenvalue weighted by atomic mass is 16.3. The van der Waals surface area contributed by atoms with Crippen molar-refractivity contribution in [2.24, 2.45) is 0 Å². The maximum absolute atomic E-state index is 12.1. The van der Waals surface area contributed by atoms with Gasteiger partial charge in [0.1, 0.15) is 5.65 Å². The summed E-state index contributed by atoms with van der Waals surface area (Å²) in [6, 6.07) is 2.28. The summed E-state index contributed by atoms with van der Waals surface area (Å²) in [4.78, 5) is 27.8. The number of pyridine rings is 1. The zero-order valence-corrected chi connectivity index (χ0v) is 11.9. The third-order valence-corrected chi connectivity index (χ3v) is 3.90. The van der Waals surface area contributed by atoms with E-state index in [1.54, 1.807) is 6.20 Å². The van der Waals surface area contributed by atoms with Crippen LogP contribution in [0.4, 0.5) is 0 Å². The highest BCUT2D eigenvalue weighted by molar-refractivity contribution is 6.02. The van der Waals surface area contributed by atoms with E-state index < -0.39 is 0 Å². The summed E-state index contributed by atoms with van der Waals surface area (Å²) in [6.07, 6.45) is 5.73. The Balaban J connectivity index is 0.000000446. The van der Waals surface area contributed by atoms with Crippen molar-refractivity contribution in [2.75, 3.05) is 13.1 Å². The second-order valence-electron chi connectivity index (χ2n) is 5.18. The number of nitrogens with one attached hydrogen (secondary N) is 3. The van der Waals surface area contributed by atoms with Crippen molar-refractivity contribution in [3.63, 3.8) is 0 Å². The van der Waals surface area contributed by atoms with Crippen LogP contribution in [0.15, 0.2) is 23.3 Å². The van der Waals surface area contributed by atoms with Crippen molar-refractivity contribution < 1.29 is 9.90 Å². The van der Waals surface area contributed by atoms with Crippen LogP contribution >= 0.6 is 0 Å². The molecule has 0 aromatic carbocycles. The van der Waals surface area contributed by atoms with Crippen molar-refractivity contribution in [3.05, 3.63) is 28.8 Å². The number of H-pyrrole nitrogens is 2. The van der Waals surface area contributed by atoms with Crippen LogP contribution in [0.2, 0.25) is 0 Å². The Hall–Kier alpha value is -2.61. The second kappa shape index (κ2) is 6.02. The lowest BCUT2D eigenvalue weighted by molar-refractivity contribution is -0.122. The van der Waals surface area contributed by atoms with Crippen LogP contribution in [0.25, 0.3) is 21.9 Å². The van der Waals surface area contributed by atoms with E-state index in [2.05, 4.69) is 20.4 Å². The van der Waals surface area contributed by atoms with Gasteiger partial charge in [0.25, 0.3) is 12.0 Å². The highest BCUT2D eigenvalue weighted by Gasteiger charge is 2.20. The van der Waals surface area contributed by atoms with Crippen LogP contribution < -0.4 is 10.9 Å². The minimum Gasteiger partial charge on any atom is -0.483 e. The molecule has 4 heterocycles. The fourth-order valence-corrected chi connectivity index (χ4v) is 2.97. The minimum atomic E-state index is -0.250. The quantitative estimate of drug-likeness (QED) is 0.497. The lowest BCUT2D eigenvalue weighted by Crippen LogP contribution is -2.32. The van der Waals surface area contributed by atoms with E-state index in [-0.39, 0.29) is 12.0 Å². The Bertz CT molecular complexity index is 841. The SMILES string of the molecule is O=CO.O=c1[nH]n(C2CCCNC2)c2c1cnc1[nH]ccc12. The third-order valence-electron chi connectivity index (χ3n) is 3.90. The van der Waals surface area contributed by atoms with Gasteiger partial charge in [-0.15, -0.1) is 0 Å². The summed E-state index contributed by atoms with van der Waals surface area (Å²) in [5, 5.41) is 14.9. The molecule has 3 aromatic rings. The lowest BCUT2D eigenvalue weighted by atomic mass is 10.1. The van der Waals surface area contributed by atoms with Gasteiger partial charge in [0.2, 0.25) is 0 Å². The number of hydrogen-bond donors (Lipinski definition) is 4. The molecule has 0 spiro atoms. The molecule has 0 saturated carbocycles. The van der Waals surface area contributed by atoms with Crippen molar-refractivity contribution in [1.82, 2.24) is 25.1 Å². The molecule has 116 valence electrons. The Morgan fingerprint density at radius 1 is 1.41 bits per heavy atom. The van der Waals surface area contributed by atoms with E-state index in [1.165, 1.54) is 0 Å². The largest absolute Gasteiger partial charge is 0.483 e. The molecular formula is C14H17N5O3. The average Bonchev–Trinajstić information content (AvgIpc) is 3.13. The number of rotatable bonds is 1. The van der Waals surface area contributed by atoms with Crippen LogP contribution in [0, 0.1) is 0 Å². The monoisotopic (exact) mass is 303 g/mol. The highest BCUT2D eigenvalue weighted by Crippen LogP contribution is 2.25. The van der Waals surface area contributed by atoms with Crippen molar-refractivity contribution in [2.45, 2.75) is 18.9 Å². The van der Waals surface area contributed by atoms with E-state index in [1.807, 2.05) is 16.9 Å². The van der Waals surface area contributed by atoms with E-state index in [4.69, 9.17) is 9.90 Å². The summed E-state index contributed by atoms with van der Waals surface area (Å²) in [6.45, 7) is 1.70. The number of carboxylic acid groups (broad SMARTS) is 1. The van der Waals surface area contributed by atoms with Gasteiger partial charge in [0.05, 0.1) is 16.9 Å². The fourth-order valence-electron chi connectivity index (χ4n) is 2.97. The lowest BCUT2D eigenvalue weighted by Gasteiger charge is -2.24. The second-order valence-corrected chi connectivity index (χ2v) is 5.18. The molecule has 1 aliphatic heterocycles. The zero-order chi connectivity index (χ0) is 15.5. The number of nitrogens with zero attached hydrogens (tertiary/aromatic N) is 2. The van der Waals surface area contributed by atoms with E-state index in [0.717, 1.165) is 42.5 Å². The molecule has 1 saturated heterocycles. The summed E-state index contributed by atoms with van der Waals surface area (Å²) < 4.78 is 2.02. The molecule has 8 nitrogen and oxygen atoms in total. The number of hydrogen-bond acceptors (Lipinski definition) is 4. The predicted molar refractivity (Wildman–Crippen MR) is 82.0 cm³/mol. The van der Waals surface area contributed by atoms with Crippen LogP contribution in [0.5, 0.6) is 0 Å². The maximum atomic E-state index is 12.1. The first kappa shape index (κ1) is 14.3. The number of aromatic amines is 2. The Morgan fingerprint density at radius 2 is 2.23 bits per heavy atom. The van der Waals surface area contributed by atoms with Gasteiger partial charge in [0, 0.05) is 24.3 Å². The molecule has 1 unspecified atom stereocenters. The topological polar surface area (TPSA) is 116 Å². The Labute approximate surface area is 125 Å². The minimum absolute atomic E-state index is 0.0591. The van der Waals surface area contributed by atoms with Crippen molar-refractivity contribution >= 4 is 28.4 Å². The molecule has 0 radical (unpaired) electrons. The molecule has 3 aromatic heterocycles. The van der Waals surface area contributed by atoms with Crippen LogP contribution in [0.1, 0.15) is 18.9 Å². The van der Waals surface area contributed by atoms with E-state index in [9.17, 15) is 4.79 Å². The molecule has 4 rings (SSSR count). The first-order valence-corrected chi connectivity index (χ1v) is 7.11. The predicted octanol–water partition coefficient (Wildman–Crippen LogP) is 0.831. The standard InChI is InChI=1S/C13H15N5O.CH2O2/c19-13-10-7-16-12-9(3-5-15-12)11(10)18(17-13)8-2-1-4-14-6-8;2-1-3/h3,5,7-8,14H,1-2,4,6H2,(H,15,16)(H,17,19);1H,(H,2,3). The zero-order valence-electron chi connectivity index (χ0n) is 11.9. The molecule has 1 aliphatic rings. The number of aromatic nitrogens is 4. The van der Waals surface area contributed by atoms with E-state index in [0.29, 0.717) is 11.4 Å². The summed E-state index contributed by atoms with van der Waals surface area (Å²) in [5.74, 6) is 0. The molecule has 1 fully saturated rings. The van der Waals surface area contributed by atoms with Gasteiger partial charge in [-0.3, -0.25) is 19.4 Å². The normalized spacial score (nSPS) is 18.1. The number of piperidine rings is 1. The molecular weight excluding hydrogens is 286 g/mol. The van der Waals surface area contributed by atoms with Crippen LogP contribution in [-0.4, -0.2) is 44.4 Å². The third kappa shape index (κ3) is 2.37. The number of carbonyl (C=O) groups is 1. The Morgan fingerprint density at radius 3 is 2.95 bits per heavy atom. The number of fused-ring (bicyclic) bond motifs is 3. The molecule has 1 atom stereocenters. The van der Waals surface area contributed by atoms with Gasteiger partial charge in [-0.1, -0.05) is 0 Å². The van der Waals surface area contributed by atoms with Crippen LogP contribution in [-0.2, 0) is 4.79 Å². The maximum Gasteiger partial charge on any atom is 0.290 e. The summed E-state index contributed by atoms with van der Waals surface area (Å²) in [5.41, 5.74) is 1.73. The first-order chi connectivity index (χ1) is 10.8. The van der Waals surface area contributed by atoms with E-state index >= 15 is 0 Å². The molecule has 0 amide bonds. The summed E-state index contributed by atoms with van der Waals surface area (Å²) >= 11 is 0. The van der Waals surface area contributed by atoms with Gasteiger partial charge < -0.3 is 15.4 Å². The summed E-state index contributed by atoms with van der Waals surface area (Å²) in [7, 11) is 0. The molecule has 22 heavy (non-hydrogen) atoms. The van der Waals surface area contributed by atoms with Gasteiger partial charge in [0.15, 0.2) is 0 Å². The van der Waals surface area contributed by atoms with Gasteiger partial charge in [-0.2, -0.15) is 0 Å². The fraction of sp³-hybridized carbons (Fsp3) is 0.357. The smallest absolute Gasteiger partial charge is 0.290 e. The molecule has 0 bridgehead atoms. The van der Waals surface area contributed by atoms with Gasteiger partial charge in [-0.05, 0) is 25.5 Å². The van der Waals surface area contributed by atoms with Crippen molar-refractivity contribution in [1.29, 1.82) is 0 Å². The molecule has 0 aliphatic carbocycles.